The van der Waals surface area contributed by atoms with E-state index in [1.54, 1.807) is 6.92 Å². The third-order valence-electron chi connectivity index (χ3n) is 2.44. The van der Waals surface area contributed by atoms with E-state index in [-0.39, 0.29) is 5.92 Å². The molecule has 66 valence electrons. The van der Waals surface area contributed by atoms with Crippen LogP contribution in [-0.2, 0) is 0 Å². The molecule has 1 fully saturated rings. The van der Waals surface area contributed by atoms with Crippen molar-refractivity contribution in [3.05, 3.63) is 0 Å². The number of rotatable bonds is 4. The molecular weight excluding hydrogens is 148 g/mol. The topological polar surface area (TPSA) is 12.0 Å². The zero-order valence-corrected chi connectivity index (χ0v) is 7.03. The van der Waals surface area contributed by atoms with Gasteiger partial charge in [0.25, 0.3) is 6.43 Å². The Bertz CT molecular complexity index is 130. The summed E-state index contributed by atoms with van der Waals surface area (Å²) < 4.78 is 25.0. The van der Waals surface area contributed by atoms with Gasteiger partial charge in [0.15, 0.2) is 0 Å². The van der Waals surface area contributed by atoms with E-state index in [1.807, 2.05) is 6.92 Å². The molecule has 1 saturated carbocycles. The lowest BCUT2D eigenvalue weighted by Crippen LogP contribution is -2.50. The van der Waals surface area contributed by atoms with Crippen LogP contribution in [0.1, 0.15) is 26.7 Å². The summed E-state index contributed by atoms with van der Waals surface area (Å²) in [5.41, 5.74) is -0.922. The summed E-state index contributed by atoms with van der Waals surface area (Å²) in [6.07, 6.45) is -0.336. The van der Waals surface area contributed by atoms with Gasteiger partial charge in [0.2, 0.25) is 0 Å². The Morgan fingerprint density at radius 3 is 2.36 bits per heavy atom. The van der Waals surface area contributed by atoms with Crippen molar-refractivity contribution in [2.75, 3.05) is 6.54 Å². The van der Waals surface area contributed by atoms with E-state index < -0.39 is 12.0 Å². The first-order chi connectivity index (χ1) is 5.11. The third kappa shape index (κ3) is 1.70. The molecule has 1 unspecified atom stereocenters. The van der Waals surface area contributed by atoms with Crippen molar-refractivity contribution in [2.24, 2.45) is 5.92 Å². The van der Waals surface area contributed by atoms with E-state index in [0.29, 0.717) is 6.54 Å². The fourth-order valence-corrected chi connectivity index (χ4v) is 1.46. The van der Waals surface area contributed by atoms with E-state index in [4.69, 9.17) is 0 Å². The average molecular weight is 163 g/mol. The Hall–Kier alpha value is -0.180. The van der Waals surface area contributed by atoms with Crippen molar-refractivity contribution in [1.82, 2.24) is 5.32 Å². The minimum Gasteiger partial charge on any atom is -0.307 e. The molecule has 1 nitrogen and oxygen atoms in total. The van der Waals surface area contributed by atoms with Crippen LogP contribution in [0.2, 0.25) is 0 Å². The van der Waals surface area contributed by atoms with E-state index in [9.17, 15) is 8.78 Å². The molecule has 0 aromatic carbocycles. The van der Waals surface area contributed by atoms with Gasteiger partial charge in [-0.05, 0) is 32.2 Å². The van der Waals surface area contributed by atoms with Gasteiger partial charge in [0, 0.05) is 0 Å². The van der Waals surface area contributed by atoms with Crippen LogP contribution in [0.25, 0.3) is 0 Å². The van der Waals surface area contributed by atoms with Crippen molar-refractivity contribution in [1.29, 1.82) is 0 Å². The lowest BCUT2D eigenvalue weighted by atomic mass is 9.96. The van der Waals surface area contributed by atoms with Crippen molar-refractivity contribution in [3.8, 4) is 0 Å². The number of hydrogen-bond acceptors (Lipinski definition) is 1. The summed E-state index contributed by atoms with van der Waals surface area (Å²) in [5.74, 6) is 0.197. The second kappa shape index (κ2) is 3.05. The SMILES string of the molecule is CCNC(C)(C(F)F)C1CC1. The normalized spacial score (nSPS) is 23.7. The molecule has 1 aliphatic carbocycles. The minimum atomic E-state index is -2.24. The maximum atomic E-state index is 12.5. The Morgan fingerprint density at radius 1 is 1.55 bits per heavy atom. The first-order valence-electron chi connectivity index (χ1n) is 4.14. The molecule has 0 bridgehead atoms. The van der Waals surface area contributed by atoms with Gasteiger partial charge in [-0.1, -0.05) is 6.92 Å². The van der Waals surface area contributed by atoms with Crippen LogP contribution in [0.15, 0.2) is 0 Å². The molecule has 0 spiro atoms. The standard InChI is InChI=1S/C8H15F2N/c1-3-11-8(2,7(9)10)6-4-5-6/h6-7,11H,3-5H2,1-2H3. The van der Waals surface area contributed by atoms with Crippen molar-refractivity contribution in [2.45, 2.75) is 38.7 Å². The molecule has 0 aromatic heterocycles. The fourth-order valence-electron chi connectivity index (χ4n) is 1.46. The van der Waals surface area contributed by atoms with Crippen LogP contribution in [0, 0.1) is 5.92 Å². The highest BCUT2D eigenvalue weighted by atomic mass is 19.3. The van der Waals surface area contributed by atoms with Gasteiger partial charge in [-0.3, -0.25) is 0 Å². The highest BCUT2D eigenvalue weighted by Gasteiger charge is 2.47. The Labute approximate surface area is 66.2 Å². The van der Waals surface area contributed by atoms with Gasteiger partial charge in [-0.25, -0.2) is 8.78 Å². The number of nitrogens with one attached hydrogen (secondary N) is 1. The molecule has 3 heteroatoms. The molecule has 0 amide bonds. The van der Waals surface area contributed by atoms with Crippen molar-refractivity contribution < 1.29 is 8.78 Å². The van der Waals surface area contributed by atoms with Crippen LogP contribution >= 0.6 is 0 Å². The zero-order valence-electron chi connectivity index (χ0n) is 7.03. The molecule has 0 heterocycles. The fraction of sp³-hybridized carbons (Fsp3) is 1.00. The summed E-state index contributed by atoms with van der Waals surface area (Å²) in [6, 6.07) is 0. The second-order valence-electron chi connectivity index (χ2n) is 3.39. The summed E-state index contributed by atoms with van der Waals surface area (Å²) in [5, 5.41) is 2.87. The Kier molecular flexibility index (Phi) is 2.47. The Balaban J connectivity index is 2.53. The smallest absolute Gasteiger partial charge is 0.256 e. The van der Waals surface area contributed by atoms with Gasteiger partial charge in [0.05, 0.1) is 5.54 Å². The first kappa shape index (κ1) is 8.91. The largest absolute Gasteiger partial charge is 0.307 e. The van der Waals surface area contributed by atoms with Gasteiger partial charge >= 0.3 is 0 Å². The average Bonchev–Trinajstić information content (AvgIpc) is 2.68. The van der Waals surface area contributed by atoms with Gasteiger partial charge < -0.3 is 5.32 Å². The summed E-state index contributed by atoms with van der Waals surface area (Å²) >= 11 is 0. The highest BCUT2D eigenvalue weighted by Crippen LogP contribution is 2.42. The summed E-state index contributed by atoms with van der Waals surface area (Å²) in [7, 11) is 0. The van der Waals surface area contributed by atoms with Crippen LogP contribution in [0.3, 0.4) is 0 Å². The minimum absolute atomic E-state index is 0.197. The maximum Gasteiger partial charge on any atom is 0.256 e. The third-order valence-corrected chi connectivity index (χ3v) is 2.44. The number of alkyl halides is 2. The van der Waals surface area contributed by atoms with Crippen LogP contribution in [-0.4, -0.2) is 18.5 Å². The Morgan fingerprint density at radius 2 is 2.09 bits per heavy atom. The van der Waals surface area contributed by atoms with Crippen molar-refractivity contribution >= 4 is 0 Å². The van der Waals surface area contributed by atoms with Gasteiger partial charge in [-0.2, -0.15) is 0 Å². The molecular formula is C8H15F2N. The van der Waals surface area contributed by atoms with E-state index in [1.165, 1.54) is 0 Å². The van der Waals surface area contributed by atoms with Crippen LogP contribution < -0.4 is 5.32 Å². The predicted octanol–water partition coefficient (Wildman–Crippen LogP) is 2.03. The number of halogens is 2. The molecule has 0 radical (unpaired) electrons. The molecule has 11 heavy (non-hydrogen) atoms. The van der Waals surface area contributed by atoms with Crippen LogP contribution in [0.4, 0.5) is 8.78 Å². The summed E-state index contributed by atoms with van der Waals surface area (Å²) in [6.45, 7) is 4.11. The molecule has 1 rings (SSSR count). The van der Waals surface area contributed by atoms with Crippen molar-refractivity contribution in [3.63, 3.8) is 0 Å². The lowest BCUT2D eigenvalue weighted by molar-refractivity contribution is 0.0281. The summed E-state index contributed by atoms with van der Waals surface area (Å²) in [4.78, 5) is 0. The monoisotopic (exact) mass is 163 g/mol. The first-order valence-corrected chi connectivity index (χ1v) is 4.14. The molecule has 0 aromatic rings. The van der Waals surface area contributed by atoms with Gasteiger partial charge in [-0.15, -0.1) is 0 Å². The maximum absolute atomic E-state index is 12.5. The van der Waals surface area contributed by atoms with E-state index >= 15 is 0 Å². The molecule has 1 atom stereocenters. The second-order valence-corrected chi connectivity index (χ2v) is 3.39. The quantitative estimate of drug-likeness (QED) is 0.668. The molecule has 1 aliphatic rings. The van der Waals surface area contributed by atoms with Crippen LogP contribution in [0.5, 0.6) is 0 Å². The molecule has 0 saturated heterocycles. The lowest BCUT2D eigenvalue weighted by Gasteiger charge is -2.29. The molecule has 1 N–H and O–H groups in total. The molecule has 0 aliphatic heterocycles. The highest BCUT2D eigenvalue weighted by molar-refractivity contribution is 4.99. The zero-order chi connectivity index (χ0) is 8.48. The van der Waals surface area contributed by atoms with Gasteiger partial charge in [0.1, 0.15) is 0 Å². The van der Waals surface area contributed by atoms with E-state index in [2.05, 4.69) is 5.32 Å². The number of hydrogen-bond donors (Lipinski definition) is 1. The predicted molar refractivity (Wildman–Crippen MR) is 40.8 cm³/mol. The van der Waals surface area contributed by atoms with E-state index in [0.717, 1.165) is 12.8 Å².